The molecule has 1 saturated carbocycles. The summed E-state index contributed by atoms with van der Waals surface area (Å²) in [6, 6.07) is 4.12. The third-order valence-electron chi connectivity index (χ3n) is 2.57. The fourth-order valence-electron chi connectivity index (χ4n) is 1.42. The molecule has 0 aromatic heterocycles. The van der Waals surface area contributed by atoms with Crippen LogP contribution in [0.2, 0.25) is 0 Å². The van der Waals surface area contributed by atoms with Crippen LogP contribution in [0.25, 0.3) is 0 Å². The number of halogens is 1. The van der Waals surface area contributed by atoms with Crippen LogP contribution in [-0.4, -0.2) is 24.5 Å². The summed E-state index contributed by atoms with van der Waals surface area (Å²) in [4.78, 5) is 10.8. The summed E-state index contributed by atoms with van der Waals surface area (Å²) < 4.78 is 22.3. The van der Waals surface area contributed by atoms with Crippen LogP contribution in [-0.2, 0) is 0 Å². The van der Waals surface area contributed by atoms with E-state index in [2.05, 4.69) is 0 Å². The smallest absolute Gasteiger partial charge is 0.335 e. The monoisotopic (exact) mass is 270 g/mol. The van der Waals surface area contributed by atoms with E-state index < -0.39 is 12.8 Å². The molecule has 1 aromatic rings. The van der Waals surface area contributed by atoms with Crippen molar-refractivity contribution < 1.29 is 23.8 Å². The molecule has 4 nitrogen and oxygen atoms in total. The zero-order valence-corrected chi connectivity index (χ0v) is 11.2. The zero-order valence-electron chi connectivity index (χ0n) is 11.2. The molecular weight excluding hydrogens is 251 g/mol. The van der Waals surface area contributed by atoms with Crippen LogP contribution in [0.15, 0.2) is 18.2 Å². The summed E-state index contributed by atoms with van der Waals surface area (Å²) in [5.74, 6) is 0.00220. The molecule has 106 valence electrons. The van der Waals surface area contributed by atoms with E-state index in [-0.39, 0.29) is 17.1 Å². The second kappa shape index (κ2) is 7.61. The minimum atomic E-state index is -1.05. The molecule has 0 heterocycles. The summed E-state index contributed by atoms with van der Waals surface area (Å²) in [5.41, 5.74) is 0.0991. The average molecular weight is 270 g/mol. The lowest BCUT2D eigenvalue weighted by molar-refractivity contribution is 0.0696. The molecule has 1 aromatic carbocycles. The molecule has 0 radical (unpaired) electrons. The first kappa shape index (κ1) is 15.3. The Kier molecular flexibility index (Phi) is 6.12. The Hall–Kier alpha value is -1.78. The van der Waals surface area contributed by atoms with Gasteiger partial charge in [-0.25, -0.2) is 9.18 Å². The predicted octanol–water partition coefficient (Wildman–Crippen LogP) is 3.51. The molecule has 0 bridgehead atoms. The van der Waals surface area contributed by atoms with Crippen molar-refractivity contribution in [3.8, 4) is 11.5 Å². The Morgan fingerprint density at radius 3 is 2.53 bits per heavy atom. The second-order valence-corrected chi connectivity index (χ2v) is 3.97. The van der Waals surface area contributed by atoms with Crippen molar-refractivity contribution in [3.63, 3.8) is 0 Å². The van der Waals surface area contributed by atoms with Crippen molar-refractivity contribution in [3.05, 3.63) is 23.8 Å². The van der Waals surface area contributed by atoms with E-state index in [1.165, 1.54) is 18.2 Å². The molecule has 0 unspecified atom stereocenters. The van der Waals surface area contributed by atoms with Gasteiger partial charge in [-0.15, -0.1) is 0 Å². The van der Waals surface area contributed by atoms with Gasteiger partial charge in [0.25, 0.3) is 0 Å². The van der Waals surface area contributed by atoms with E-state index in [9.17, 15) is 9.18 Å². The van der Waals surface area contributed by atoms with Crippen molar-refractivity contribution >= 4 is 5.97 Å². The fraction of sp³-hybridized carbons (Fsp3) is 0.500. The first-order valence-electron chi connectivity index (χ1n) is 6.39. The van der Waals surface area contributed by atoms with Crippen LogP contribution in [0.1, 0.15) is 37.0 Å². The van der Waals surface area contributed by atoms with Crippen LogP contribution in [0, 0.1) is 5.92 Å². The lowest BCUT2D eigenvalue weighted by atomic mass is 10.2. The summed E-state index contributed by atoms with van der Waals surface area (Å²) in [7, 11) is 0. The highest BCUT2D eigenvalue weighted by atomic mass is 19.1. The highest BCUT2D eigenvalue weighted by molar-refractivity contribution is 5.88. The van der Waals surface area contributed by atoms with Crippen LogP contribution in [0.3, 0.4) is 0 Å². The molecule has 1 fully saturated rings. The second-order valence-electron chi connectivity index (χ2n) is 3.97. The Labute approximate surface area is 112 Å². The lowest BCUT2D eigenvalue weighted by Gasteiger charge is -2.11. The molecule has 0 atom stereocenters. The van der Waals surface area contributed by atoms with Gasteiger partial charge < -0.3 is 14.6 Å². The molecule has 5 heteroatoms. The van der Waals surface area contributed by atoms with Gasteiger partial charge in [0.05, 0.1) is 12.2 Å². The van der Waals surface area contributed by atoms with Gasteiger partial charge in [0.15, 0.2) is 11.5 Å². The van der Waals surface area contributed by atoms with Crippen molar-refractivity contribution in [2.45, 2.75) is 26.7 Å². The normalized spacial score (nSPS) is 13.2. The summed E-state index contributed by atoms with van der Waals surface area (Å²) >= 11 is 0. The largest absolute Gasteiger partial charge is 0.489 e. The number of rotatable bonds is 6. The molecule has 0 spiro atoms. The highest BCUT2D eigenvalue weighted by Gasteiger charge is 2.23. The number of carboxylic acid groups (broad SMARTS) is 1. The molecule has 0 aliphatic heterocycles. The molecule has 19 heavy (non-hydrogen) atoms. The van der Waals surface area contributed by atoms with E-state index in [1.54, 1.807) is 0 Å². The lowest BCUT2D eigenvalue weighted by Crippen LogP contribution is -2.04. The number of benzene rings is 1. The van der Waals surface area contributed by atoms with Crippen molar-refractivity contribution in [2.24, 2.45) is 5.92 Å². The number of alkyl halides is 1. The van der Waals surface area contributed by atoms with Crippen molar-refractivity contribution in [1.29, 1.82) is 0 Å². The Morgan fingerprint density at radius 2 is 2.00 bits per heavy atom. The van der Waals surface area contributed by atoms with Gasteiger partial charge in [-0.3, -0.25) is 0 Å². The molecular formula is C14H19FO4. The maximum atomic E-state index is 12.1. The maximum Gasteiger partial charge on any atom is 0.335 e. The van der Waals surface area contributed by atoms with Crippen molar-refractivity contribution in [2.75, 3.05) is 13.5 Å². The third-order valence-corrected chi connectivity index (χ3v) is 2.57. The quantitative estimate of drug-likeness (QED) is 0.859. The van der Waals surface area contributed by atoms with Crippen LogP contribution < -0.4 is 9.47 Å². The number of ether oxygens (including phenoxy) is 2. The van der Waals surface area contributed by atoms with Crippen LogP contribution >= 0.6 is 0 Å². The first-order valence-corrected chi connectivity index (χ1v) is 6.39. The fourth-order valence-corrected chi connectivity index (χ4v) is 1.42. The van der Waals surface area contributed by atoms with E-state index in [4.69, 9.17) is 14.6 Å². The highest BCUT2D eigenvalue weighted by Crippen LogP contribution is 2.33. The minimum Gasteiger partial charge on any atom is -0.489 e. The zero-order chi connectivity index (χ0) is 14.3. The number of hydrogen-bond donors (Lipinski definition) is 1. The standard InChI is InChI=1S/C12H13FO4.C2H6/c13-7-17-10-4-3-9(12(14)15)5-11(10)16-6-8-1-2-8;1-2/h3-5,8H,1-2,6-7H2,(H,14,15);1-2H3. The molecule has 1 N–H and O–H groups in total. The minimum absolute atomic E-state index is 0.0991. The van der Waals surface area contributed by atoms with Crippen molar-refractivity contribution in [1.82, 2.24) is 0 Å². The third kappa shape index (κ3) is 4.77. The van der Waals surface area contributed by atoms with E-state index in [0.29, 0.717) is 12.5 Å². The predicted molar refractivity (Wildman–Crippen MR) is 69.6 cm³/mol. The Bertz CT molecular complexity index is 416. The average Bonchev–Trinajstić information content (AvgIpc) is 3.24. The Balaban J connectivity index is 0.000000861. The summed E-state index contributed by atoms with van der Waals surface area (Å²) in [6.07, 6.45) is 2.25. The number of carboxylic acids is 1. The molecule has 0 saturated heterocycles. The van der Waals surface area contributed by atoms with Gasteiger partial charge in [0.1, 0.15) is 0 Å². The topological polar surface area (TPSA) is 55.8 Å². The van der Waals surface area contributed by atoms with E-state index >= 15 is 0 Å². The molecule has 1 aliphatic carbocycles. The SMILES string of the molecule is CC.O=C(O)c1ccc(OCF)c(OCC2CC2)c1. The maximum absolute atomic E-state index is 12.1. The van der Waals surface area contributed by atoms with Gasteiger partial charge >= 0.3 is 5.97 Å². The van der Waals surface area contributed by atoms with Gasteiger partial charge in [-0.1, -0.05) is 13.8 Å². The summed E-state index contributed by atoms with van der Waals surface area (Å²) in [6.45, 7) is 3.55. The number of aromatic carboxylic acids is 1. The van der Waals surface area contributed by atoms with Gasteiger partial charge in [-0.05, 0) is 37.0 Å². The molecule has 1 aliphatic rings. The Morgan fingerprint density at radius 1 is 1.32 bits per heavy atom. The van der Waals surface area contributed by atoms with Crippen LogP contribution in [0.5, 0.6) is 11.5 Å². The summed E-state index contributed by atoms with van der Waals surface area (Å²) in [5, 5.41) is 8.85. The van der Waals surface area contributed by atoms with E-state index in [1.807, 2.05) is 13.8 Å². The molecule has 2 rings (SSSR count). The first-order chi connectivity index (χ1) is 9.20. The van der Waals surface area contributed by atoms with Gasteiger partial charge in [0.2, 0.25) is 6.86 Å². The number of hydrogen-bond acceptors (Lipinski definition) is 3. The van der Waals surface area contributed by atoms with E-state index in [0.717, 1.165) is 12.8 Å². The van der Waals surface area contributed by atoms with Gasteiger partial charge in [0, 0.05) is 0 Å². The van der Waals surface area contributed by atoms with Crippen LogP contribution in [0.4, 0.5) is 4.39 Å². The molecule has 0 amide bonds. The number of carbonyl (C=O) groups is 1. The van der Waals surface area contributed by atoms with Gasteiger partial charge in [-0.2, -0.15) is 0 Å².